The number of hydrogen-bond donors (Lipinski definition) is 1. The molecular formula is C16H25N3O2Si. The zero-order chi connectivity index (χ0) is 16.2. The molecule has 5 nitrogen and oxygen atoms in total. The second kappa shape index (κ2) is 6.62. The molecule has 2 aromatic rings. The van der Waals surface area contributed by atoms with E-state index in [1.54, 1.807) is 18.1 Å². The van der Waals surface area contributed by atoms with E-state index in [9.17, 15) is 5.11 Å². The molecule has 0 radical (unpaired) electrons. The summed E-state index contributed by atoms with van der Waals surface area (Å²) in [5, 5.41) is 15.4. The molecule has 1 atom stereocenters. The Kier molecular flexibility index (Phi) is 5.03. The number of ether oxygens (including phenoxy) is 1. The van der Waals surface area contributed by atoms with Crippen LogP contribution in [0.5, 0.6) is 5.75 Å². The second-order valence-electron chi connectivity index (χ2n) is 7.08. The number of aliphatic hydroxyl groups is 1. The molecule has 0 aliphatic rings. The van der Waals surface area contributed by atoms with Crippen LogP contribution in [0.25, 0.3) is 0 Å². The molecule has 2 rings (SSSR count). The van der Waals surface area contributed by atoms with Crippen molar-refractivity contribution >= 4 is 8.07 Å². The van der Waals surface area contributed by atoms with Crippen molar-refractivity contribution in [1.82, 2.24) is 14.8 Å². The van der Waals surface area contributed by atoms with Crippen LogP contribution in [0.4, 0.5) is 0 Å². The number of aromatic nitrogens is 3. The standard InChI is InChI=1S/C16H25N3O2Si/c1-21-15-7-5-6-14(8-15)9-16(20,11-22(2,3)4)10-19-13-17-12-18-19/h5-8,12-13,20H,9-11H2,1-4H3. The van der Waals surface area contributed by atoms with Gasteiger partial charge in [-0.1, -0.05) is 31.8 Å². The van der Waals surface area contributed by atoms with Crippen LogP contribution < -0.4 is 4.74 Å². The molecule has 6 heteroatoms. The van der Waals surface area contributed by atoms with Gasteiger partial charge in [0.15, 0.2) is 0 Å². The normalized spacial score (nSPS) is 14.6. The fourth-order valence-electron chi connectivity index (χ4n) is 2.94. The zero-order valence-corrected chi connectivity index (χ0v) is 14.8. The predicted molar refractivity (Wildman–Crippen MR) is 89.8 cm³/mol. The maximum Gasteiger partial charge on any atom is 0.137 e. The van der Waals surface area contributed by atoms with Gasteiger partial charge in [0.2, 0.25) is 0 Å². The maximum absolute atomic E-state index is 11.2. The first kappa shape index (κ1) is 16.7. The van der Waals surface area contributed by atoms with Gasteiger partial charge in [0.1, 0.15) is 18.4 Å². The third-order valence-corrected chi connectivity index (χ3v) is 5.17. The van der Waals surface area contributed by atoms with E-state index in [2.05, 4.69) is 29.7 Å². The van der Waals surface area contributed by atoms with Gasteiger partial charge in [0, 0.05) is 14.5 Å². The summed E-state index contributed by atoms with van der Waals surface area (Å²) in [6.45, 7) is 7.26. The third-order valence-electron chi connectivity index (χ3n) is 3.45. The van der Waals surface area contributed by atoms with Gasteiger partial charge in [0.25, 0.3) is 0 Å². The van der Waals surface area contributed by atoms with Gasteiger partial charge in [-0.05, 0) is 23.7 Å². The Morgan fingerprint density at radius 2 is 2.09 bits per heavy atom. The molecule has 0 amide bonds. The van der Waals surface area contributed by atoms with Crippen molar-refractivity contribution in [2.24, 2.45) is 0 Å². The number of nitrogens with zero attached hydrogens (tertiary/aromatic N) is 3. The summed E-state index contributed by atoms with van der Waals surface area (Å²) in [6.07, 6.45) is 3.73. The summed E-state index contributed by atoms with van der Waals surface area (Å²) in [4.78, 5) is 3.97. The SMILES string of the molecule is COc1cccc(CC(O)(Cn2cncn2)C[Si](C)(C)C)c1. The van der Waals surface area contributed by atoms with E-state index < -0.39 is 13.7 Å². The molecule has 0 saturated carbocycles. The molecule has 0 bridgehead atoms. The van der Waals surface area contributed by atoms with Gasteiger partial charge < -0.3 is 9.84 Å². The van der Waals surface area contributed by atoms with Crippen molar-refractivity contribution in [2.45, 2.75) is 44.3 Å². The van der Waals surface area contributed by atoms with Crippen molar-refractivity contribution < 1.29 is 9.84 Å². The molecule has 0 spiro atoms. The van der Waals surface area contributed by atoms with Crippen LogP contribution in [-0.2, 0) is 13.0 Å². The minimum absolute atomic E-state index is 0.453. The lowest BCUT2D eigenvalue weighted by Crippen LogP contribution is -2.43. The van der Waals surface area contributed by atoms with Crippen LogP contribution in [0.2, 0.25) is 25.7 Å². The lowest BCUT2D eigenvalue weighted by Gasteiger charge is -2.33. The summed E-state index contributed by atoms with van der Waals surface area (Å²) in [6, 6.07) is 8.68. The van der Waals surface area contributed by atoms with Crippen molar-refractivity contribution in [3.8, 4) is 5.75 Å². The minimum atomic E-state index is -1.44. The van der Waals surface area contributed by atoms with E-state index in [0.29, 0.717) is 13.0 Å². The van der Waals surface area contributed by atoms with Crippen LogP contribution in [0.15, 0.2) is 36.9 Å². The first-order valence-corrected chi connectivity index (χ1v) is 11.2. The summed E-state index contributed by atoms with van der Waals surface area (Å²) in [7, 11) is 0.211. The Labute approximate surface area is 133 Å². The second-order valence-corrected chi connectivity index (χ2v) is 12.6. The monoisotopic (exact) mass is 319 g/mol. The molecule has 1 unspecified atom stereocenters. The molecule has 0 aliphatic carbocycles. The summed E-state index contributed by atoms with van der Waals surface area (Å²) >= 11 is 0. The van der Waals surface area contributed by atoms with E-state index in [0.717, 1.165) is 17.4 Å². The average molecular weight is 319 g/mol. The van der Waals surface area contributed by atoms with E-state index in [1.807, 2.05) is 24.3 Å². The smallest absolute Gasteiger partial charge is 0.137 e. The summed E-state index contributed by atoms with van der Waals surface area (Å²) in [5.41, 5.74) is 0.241. The van der Waals surface area contributed by atoms with Crippen LogP contribution in [-0.4, -0.2) is 40.7 Å². The number of methoxy groups -OCH3 is 1. The largest absolute Gasteiger partial charge is 0.497 e. The molecule has 1 N–H and O–H groups in total. The lowest BCUT2D eigenvalue weighted by atomic mass is 9.96. The Morgan fingerprint density at radius 3 is 2.68 bits per heavy atom. The fraction of sp³-hybridized carbons (Fsp3) is 0.500. The number of hydrogen-bond acceptors (Lipinski definition) is 4. The van der Waals surface area contributed by atoms with Crippen LogP contribution in [0, 0.1) is 0 Å². The first-order valence-electron chi connectivity index (χ1n) is 7.47. The Morgan fingerprint density at radius 1 is 1.32 bits per heavy atom. The van der Waals surface area contributed by atoms with Gasteiger partial charge in [-0.15, -0.1) is 0 Å². The molecule has 0 saturated heterocycles. The van der Waals surface area contributed by atoms with Crippen LogP contribution in [0.3, 0.4) is 0 Å². The molecule has 1 aromatic carbocycles. The first-order chi connectivity index (χ1) is 10.3. The minimum Gasteiger partial charge on any atom is -0.497 e. The molecule has 0 aliphatic heterocycles. The maximum atomic E-state index is 11.2. The lowest BCUT2D eigenvalue weighted by molar-refractivity contribution is 0.0372. The van der Waals surface area contributed by atoms with Crippen LogP contribution in [0.1, 0.15) is 5.56 Å². The highest BCUT2D eigenvalue weighted by Crippen LogP contribution is 2.28. The van der Waals surface area contributed by atoms with Gasteiger partial charge in [-0.2, -0.15) is 5.10 Å². The molecular weight excluding hydrogens is 294 g/mol. The Bertz CT molecular complexity index is 596. The molecule has 22 heavy (non-hydrogen) atoms. The van der Waals surface area contributed by atoms with Gasteiger partial charge >= 0.3 is 0 Å². The number of rotatable bonds is 7. The van der Waals surface area contributed by atoms with E-state index in [1.165, 1.54) is 6.33 Å². The summed E-state index contributed by atoms with van der Waals surface area (Å²) in [5.74, 6) is 0.814. The topological polar surface area (TPSA) is 60.2 Å². The predicted octanol–water partition coefficient (Wildman–Crippen LogP) is 2.60. The van der Waals surface area contributed by atoms with E-state index in [4.69, 9.17) is 4.74 Å². The quantitative estimate of drug-likeness (QED) is 0.797. The van der Waals surface area contributed by atoms with Crippen LogP contribution >= 0.6 is 0 Å². The van der Waals surface area contributed by atoms with E-state index >= 15 is 0 Å². The third kappa shape index (κ3) is 4.96. The highest BCUT2D eigenvalue weighted by Gasteiger charge is 2.34. The molecule has 0 fully saturated rings. The van der Waals surface area contributed by atoms with Crippen molar-refractivity contribution in [3.63, 3.8) is 0 Å². The highest BCUT2D eigenvalue weighted by molar-refractivity contribution is 6.76. The van der Waals surface area contributed by atoms with Gasteiger partial charge in [-0.25, -0.2) is 4.98 Å². The van der Waals surface area contributed by atoms with Crippen molar-refractivity contribution in [3.05, 3.63) is 42.5 Å². The Balaban J connectivity index is 2.23. The Hall–Kier alpha value is -1.66. The average Bonchev–Trinajstić information content (AvgIpc) is 2.88. The highest BCUT2D eigenvalue weighted by atomic mass is 28.3. The fourth-order valence-corrected chi connectivity index (χ4v) is 5.15. The van der Waals surface area contributed by atoms with Crippen molar-refractivity contribution in [2.75, 3.05) is 7.11 Å². The zero-order valence-electron chi connectivity index (χ0n) is 13.8. The van der Waals surface area contributed by atoms with Crippen molar-refractivity contribution in [1.29, 1.82) is 0 Å². The van der Waals surface area contributed by atoms with Gasteiger partial charge in [0.05, 0.1) is 19.3 Å². The summed E-state index contributed by atoms with van der Waals surface area (Å²) < 4.78 is 6.98. The molecule has 1 aromatic heterocycles. The number of benzene rings is 1. The molecule has 1 heterocycles. The van der Waals surface area contributed by atoms with E-state index in [-0.39, 0.29) is 0 Å². The molecule has 120 valence electrons. The van der Waals surface area contributed by atoms with Gasteiger partial charge in [-0.3, -0.25) is 4.68 Å².